The fraction of sp³-hybridized carbons (Fsp3) is 0.231. The monoisotopic (exact) mass is 243 g/mol. The van der Waals surface area contributed by atoms with E-state index < -0.39 is 0 Å². The van der Waals surface area contributed by atoms with E-state index in [9.17, 15) is 4.79 Å². The number of ether oxygens (including phenoxy) is 1. The lowest BCUT2D eigenvalue weighted by molar-refractivity contribution is 0.205. The second-order valence-corrected chi connectivity index (χ2v) is 4.26. The molecule has 1 aliphatic heterocycles. The Morgan fingerprint density at radius 3 is 3.06 bits per heavy atom. The number of carbonyl (C=O) groups excluding carboxylic acids is 1. The van der Waals surface area contributed by atoms with Gasteiger partial charge in [-0.15, -0.1) is 0 Å². The van der Waals surface area contributed by atoms with E-state index in [4.69, 9.17) is 4.74 Å². The van der Waals surface area contributed by atoms with Gasteiger partial charge in [0, 0.05) is 12.4 Å². The van der Waals surface area contributed by atoms with Crippen molar-refractivity contribution in [2.45, 2.75) is 13.0 Å². The number of carbonyl (C=O) groups is 1. The molecule has 0 spiro atoms. The average molecular weight is 243 g/mol. The quantitative estimate of drug-likeness (QED) is 0.712. The molecule has 2 aromatic rings. The molecule has 5 nitrogen and oxygen atoms in total. The molecule has 3 rings (SSSR count). The summed E-state index contributed by atoms with van der Waals surface area (Å²) in [7, 11) is 0. The van der Waals surface area contributed by atoms with Crippen LogP contribution >= 0.6 is 0 Å². The molecule has 1 aromatic carbocycles. The predicted octanol–water partition coefficient (Wildman–Crippen LogP) is 2.14. The summed E-state index contributed by atoms with van der Waals surface area (Å²) in [6.45, 7) is 2.48. The van der Waals surface area contributed by atoms with Crippen molar-refractivity contribution in [2.24, 2.45) is 0 Å². The SMILES string of the molecule is C[C@H]1CN(C(=O)n2ccnc2)c2ccccc2O1. The zero-order chi connectivity index (χ0) is 12.5. The van der Waals surface area contributed by atoms with E-state index in [1.165, 1.54) is 10.9 Å². The molecule has 0 unspecified atom stereocenters. The van der Waals surface area contributed by atoms with Crippen LogP contribution in [0.2, 0.25) is 0 Å². The smallest absolute Gasteiger partial charge is 0.334 e. The molecule has 1 atom stereocenters. The topological polar surface area (TPSA) is 47.4 Å². The number of rotatable bonds is 0. The normalized spacial score (nSPS) is 18.1. The molecule has 0 aliphatic carbocycles. The second-order valence-electron chi connectivity index (χ2n) is 4.26. The first-order chi connectivity index (χ1) is 8.75. The molecule has 0 saturated heterocycles. The highest BCUT2D eigenvalue weighted by Gasteiger charge is 2.27. The molecule has 2 heterocycles. The lowest BCUT2D eigenvalue weighted by Gasteiger charge is -2.33. The Morgan fingerprint density at radius 1 is 1.44 bits per heavy atom. The van der Waals surface area contributed by atoms with Gasteiger partial charge >= 0.3 is 6.03 Å². The molecule has 0 bridgehead atoms. The average Bonchev–Trinajstić information content (AvgIpc) is 2.90. The third-order valence-corrected chi connectivity index (χ3v) is 2.88. The minimum absolute atomic E-state index is 0.0210. The molecule has 0 N–H and O–H groups in total. The van der Waals surface area contributed by atoms with Crippen LogP contribution in [0.4, 0.5) is 10.5 Å². The number of imidazole rings is 1. The Kier molecular flexibility index (Phi) is 2.51. The van der Waals surface area contributed by atoms with Gasteiger partial charge in [0.15, 0.2) is 0 Å². The number of hydrogen-bond acceptors (Lipinski definition) is 3. The lowest BCUT2D eigenvalue weighted by Crippen LogP contribution is -2.44. The van der Waals surface area contributed by atoms with E-state index in [2.05, 4.69) is 4.98 Å². The molecular weight excluding hydrogens is 230 g/mol. The standard InChI is InChI=1S/C13H13N3O2/c1-10-8-16(13(17)15-7-6-14-9-15)11-4-2-3-5-12(11)18-10/h2-7,9-10H,8H2,1H3/t10-/m0/s1. The van der Waals surface area contributed by atoms with Crippen LogP contribution in [0.3, 0.4) is 0 Å². The maximum Gasteiger partial charge on any atom is 0.334 e. The van der Waals surface area contributed by atoms with E-state index in [1.807, 2.05) is 31.2 Å². The van der Waals surface area contributed by atoms with Crippen LogP contribution in [0.5, 0.6) is 5.75 Å². The van der Waals surface area contributed by atoms with Crippen LogP contribution in [0.25, 0.3) is 0 Å². The maximum absolute atomic E-state index is 12.4. The molecule has 1 aliphatic rings. The van der Waals surface area contributed by atoms with Crippen LogP contribution in [-0.2, 0) is 0 Å². The number of hydrogen-bond donors (Lipinski definition) is 0. The summed E-state index contributed by atoms with van der Waals surface area (Å²) in [5.74, 6) is 0.740. The number of amides is 1. The van der Waals surface area contributed by atoms with Crippen molar-refractivity contribution >= 4 is 11.7 Å². The Morgan fingerprint density at radius 2 is 2.28 bits per heavy atom. The summed E-state index contributed by atoms with van der Waals surface area (Å²) < 4.78 is 7.18. The van der Waals surface area contributed by atoms with Gasteiger partial charge in [-0.25, -0.2) is 9.78 Å². The highest BCUT2D eigenvalue weighted by atomic mass is 16.5. The van der Waals surface area contributed by atoms with E-state index >= 15 is 0 Å². The van der Waals surface area contributed by atoms with Crippen molar-refractivity contribution in [1.82, 2.24) is 9.55 Å². The van der Waals surface area contributed by atoms with Gasteiger partial charge in [0.05, 0.1) is 12.2 Å². The molecule has 5 heteroatoms. The molecule has 0 saturated carbocycles. The first kappa shape index (κ1) is 10.8. The Labute approximate surface area is 105 Å². The van der Waals surface area contributed by atoms with Crippen molar-refractivity contribution in [2.75, 3.05) is 11.4 Å². The maximum atomic E-state index is 12.4. The van der Waals surface area contributed by atoms with Gasteiger partial charge in [0.2, 0.25) is 0 Å². The van der Waals surface area contributed by atoms with E-state index in [0.717, 1.165) is 11.4 Å². The zero-order valence-corrected chi connectivity index (χ0v) is 9.98. The van der Waals surface area contributed by atoms with Gasteiger partial charge < -0.3 is 4.74 Å². The highest BCUT2D eigenvalue weighted by Crippen LogP contribution is 2.33. The summed E-state index contributed by atoms with van der Waals surface area (Å²) in [6.07, 6.45) is 4.72. The molecular formula is C13H13N3O2. The van der Waals surface area contributed by atoms with Crippen molar-refractivity contribution in [3.8, 4) is 5.75 Å². The summed E-state index contributed by atoms with van der Waals surface area (Å²) in [6, 6.07) is 7.44. The van der Waals surface area contributed by atoms with Crippen LogP contribution in [-0.4, -0.2) is 28.2 Å². The number of fused-ring (bicyclic) bond motifs is 1. The third-order valence-electron chi connectivity index (χ3n) is 2.88. The number of benzene rings is 1. The second kappa shape index (κ2) is 4.18. The van der Waals surface area contributed by atoms with Crippen LogP contribution in [0, 0.1) is 0 Å². The number of anilines is 1. The molecule has 92 valence electrons. The van der Waals surface area contributed by atoms with Crippen LogP contribution in [0.1, 0.15) is 6.92 Å². The Balaban J connectivity index is 2.00. The zero-order valence-electron chi connectivity index (χ0n) is 9.98. The predicted molar refractivity (Wildman–Crippen MR) is 66.9 cm³/mol. The fourth-order valence-corrected chi connectivity index (χ4v) is 2.08. The molecule has 1 aromatic heterocycles. The van der Waals surface area contributed by atoms with Crippen molar-refractivity contribution in [1.29, 1.82) is 0 Å². The van der Waals surface area contributed by atoms with Crippen molar-refractivity contribution in [3.63, 3.8) is 0 Å². The van der Waals surface area contributed by atoms with Crippen LogP contribution in [0.15, 0.2) is 43.0 Å². The lowest BCUT2D eigenvalue weighted by atomic mass is 10.2. The number of para-hydroxylation sites is 2. The van der Waals surface area contributed by atoms with E-state index in [0.29, 0.717) is 6.54 Å². The minimum atomic E-state index is -0.116. The first-order valence-corrected chi connectivity index (χ1v) is 5.81. The molecule has 18 heavy (non-hydrogen) atoms. The van der Waals surface area contributed by atoms with Crippen LogP contribution < -0.4 is 9.64 Å². The summed E-state index contributed by atoms with van der Waals surface area (Å²) >= 11 is 0. The largest absolute Gasteiger partial charge is 0.487 e. The molecule has 0 radical (unpaired) electrons. The highest BCUT2D eigenvalue weighted by molar-refractivity contribution is 5.95. The number of nitrogens with zero attached hydrogens (tertiary/aromatic N) is 3. The van der Waals surface area contributed by atoms with Gasteiger partial charge in [-0.3, -0.25) is 9.47 Å². The van der Waals surface area contributed by atoms with E-state index in [1.54, 1.807) is 17.3 Å². The van der Waals surface area contributed by atoms with Crippen molar-refractivity contribution < 1.29 is 9.53 Å². The minimum Gasteiger partial charge on any atom is -0.487 e. The first-order valence-electron chi connectivity index (χ1n) is 5.81. The van der Waals surface area contributed by atoms with Gasteiger partial charge in [-0.1, -0.05) is 12.1 Å². The van der Waals surface area contributed by atoms with E-state index in [-0.39, 0.29) is 12.1 Å². The van der Waals surface area contributed by atoms with Gasteiger partial charge in [-0.05, 0) is 19.1 Å². The number of aromatic nitrogens is 2. The summed E-state index contributed by atoms with van der Waals surface area (Å²) in [5.41, 5.74) is 0.800. The third kappa shape index (κ3) is 1.73. The molecule has 1 amide bonds. The van der Waals surface area contributed by atoms with Gasteiger partial charge in [-0.2, -0.15) is 0 Å². The molecule has 0 fully saturated rings. The fourth-order valence-electron chi connectivity index (χ4n) is 2.08. The summed E-state index contributed by atoms with van der Waals surface area (Å²) in [5, 5.41) is 0. The Hall–Kier alpha value is -2.30. The van der Waals surface area contributed by atoms with Gasteiger partial charge in [0.1, 0.15) is 18.2 Å². The Bertz CT molecular complexity index is 565. The summed E-state index contributed by atoms with van der Waals surface area (Å²) in [4.78, 5) is 18.0. The van der Waals surface area contributed by atoms with Crippen molar-refractivity contribution in [3.05, 3.63) is 43.0 Å². The van der Waals surface area contributed by atoms with Gasteiger partial charge in [0.25, 0.3) is 0 Å².